The largest absolute Gasteiger partial charge is 0.490 e. The van der Waals surface area contributed by atoms with Crippen molar-refractivity contribution in [1.82, 2.24) is 0 Å². The van der Waals surface area contributed by atoms with E-state index in [4.69, 9.17) is 9.47 Å². The maximum Gasteiger partial charge on any atom is 0.262 e. The van der Waals surface area contributed by atoms with Gasteiger partial charge in [-0.25, -0.2) is 0 Å². The number of nitrogens with one attached hydrogen (secondary N) is 1. The molecule has 1 N–H and O–H groups in total. The van der Waals surface area contributed by atoms with Crippen LogP contribution in [0.4, 0.5) is 5.69 Å². The molecule has 0 aliphatic rings. The quantitative estimate of drug-likeness (QED) is 0.797. The molecule has 120 valence electrons. The van der Waals surface area contributed by atoms with Gasteiger partial charge in [0.1, 0.15) is 0 Å². The van der Waals surface area contributed by atoms with Crippen molar-refractivity contribution in [2.75, 3.05) is 18.5 Å². The van der Waals surface area contributed by atoms with Gasteiger partial charge in [0.2, 0.25) is 0 Å². The second kappa shape index (κ2) is 7.98. The summed E-state index contributed by atoms with van der Waals surface area (Å²) in [6.07, 6.45) is 0. The molecule has 2 rings (SSSR count). The van der Waals surface area contributed by atoms with Crippen LogP contribution in [0.15, 0.2) is 48.5 Å². The molecule has 0 fully saturated rings. The lowest BCUT2D eigenvalue weighted by atomic mass is 10.1. The van der Waals surface area contributed by atoms with Crippen LogP contribution in [-0.4, -0.2) is 24.9 Å². The number of Topliss-reactive ketones (excluding diaryl/α,β-unsaturated/α-hetero) is 1. The zero-order chi connectivity index (χ0) is 16.7. The van der Waals surface area contributed by atoms with Crippen LogP contribution in [0.1, 0.15) is 24.2 Å². The highest BCUT2D eigenvalue weighted by molar-refractivity contribution is 5.95. The molecule has 0 aliphatic heterocycles. The number of amides is 1. The Morgan fingerprint density at radius 1 is 0.957 bits per heavy atom. The van der Waals surface area contributed by atoms with Crippen molar-refractivity contribution in [2.45, 2.75) is 13.8 Å². The maximum absolute atomic E-state index is 11.9. The molecule has 2 aromatic carbocycles. The monoisotopic (exact) mass is 313 g/mol. The van der Waals surface area contributed by atoms with Gasteiger partial charge in [0, 0.05) is 11.3 Å². The van der Waals surface area contributed by atoms with E-state index in [0.29, 0.717) is 29.4 Å². The lowest BCUT2D eigenvalue weighted by Gasteiger charge is -2.11. The number of benzene rings is 2. The van der Waals surface area contributed by atoms with Crippen LogP contribution in [0.5, 0.6) is 11.5 Å². The number of hydrogen-bond acceptors (Lipinski definition) is 4. The summed E-state index contributed by atoms with van der Waals surface area (Å²) >= 11 is 0. The number of carbonyl (C=O) groups excluding carboxylic acids is 2. The van der Waals surface area contributed by atoms with E-state index in [1.807, 2.05) is 19.1 Å². The highest BCUT2D eigenvalue weighted by Gasteiger charge is 2.08. The predicted molar refractivity (Wildman–Crippen MR) is 88.2 cm³/mol. The van der Waals surface area contributed by atoms with Gasteiger partial charge in [-0.15, -0.1) is 0 Å². The van der Waals surface area contributed by atoms with Crippen LogP contribution in [-0.2, 0) is 4.79 Å². The highest BCUT2D eigenvalue weighted by atomic mass is 16.5. The molecule has 1 amide bonds. The minimum atomic E-state index is -0.285. The van der Waals surface area contributed by atoms with Crippen molar-refractivity contribution in [3.8, 4) is 11.5 Å². The van der Waals surface area contributed by atoms with Crippen LogP contribution < -0.4 is 14.8 Å². The van der Waals surface area contributed by atoms with Crippen LogP contribution in [0.2, 0.25) is 0 Å². The summed E-state index contributed by atoms with van der Waals surface area (Å²) in [6.45, 7) is 3.78. The van der Waals surface area contributed by atoms with Gasteiger partial charge >= 0.3 is 0 Å². The highest BCUT2D eigenvalue weighted by Crippen LogP contribution is 2.26. The summed E-state index contributed by atoms with van der Waals surface area (Å²) in [7, 11) is 0. The second-order valence-electron chi connectivity index (χ2n) is 4.85. The lowest BCUT2D eigenvalue weighted by molar-refractivity contribution is -0.118. The molecule has 0 saturated heterocycles. The van der Waals surface area contributed by atoms with E-state index in [1.54, 1.807) is 36.4 Å². The molecule has 0 heterocycles. The molecule has 0 aliphatic carbocycles. The zero-order valence-corrected chi connectivity index (χ0v) is 13.2. The molecular weight excluding hydrogens is 294 g/mol. The first kappa shape index (κ1) is 16.5. The van der Waals surface area contributed by atoms with Crippen LogP contribution in [0.3, 0.4) is 0 Å². The van der Waals surface area contributed by atoms with E-state index in [2.05, 4.69) is 5.32 Å². The minimum absolute atomic E-state index is 0.0151. The van der Waals surface area contributed by atoms with Crippen LogP contribution >= 0.6 is 0 Å². The van der Waals surface area contributed by atoms with Gasteiger partial charge in [-0.05, 0) is 50.2 Å². The van der Waals surface area contributed by atoms with E-state index in [9.17, 15) is 9.59 Å². The lowest BCUT2D eigenvalue weighted by Crippen LogP contribution is -2.20. The summed E-state index contributed by atoms with van der Waals surface area (Å²) in [5, 5.41) is 2.71. The van der Waals surface area contributed by atoms with Crippen molar-refractivity contribution in [1.29, 1.82) is 0 Å². The van der Waals surface area contributed by atoms with E-state index >= 15 is 0 Å². The fourth-order valence-electron chi connectivity index (χ4n) is 1.97. The number of rotatable bonds is 7. The Labute approximate surface area is 135 Å². The normalized spacial score (nSPS) is 10.0. The number of ether oxygens (including phenoxy) is 2. The summed E-state index contributed by atoms with van der Waals surface area (Å²) in [4.78, 5) is 23.1. The molecule has 0 atom stereocenters. The Morgan fingerprint density at radius 2 is 1.57 bits per heavy atom. The molecule has 0 unspecified atom stereocenters. The van der Waals surface area contributed by atoms with Crippen molar-refractivity contribution < 1.29 is 19.1 Å². The third-order valence-corrected chi connectivity index (χ3v) is 3.08. The van der Waals surface area contributed by atoms with Gasteiger partial charge in [0.25, 0.3) is 5.91 Å². The van der Waals surface area contributed by atoms with Crippen molar-refractivity contribution in [3.05, 3.63) is 54.1 Å². The molecule has 0 spiro atoms. The summed E-state index contributed by atoms with van der Waals surface area (Å²) in [5.41, 5.74) is 1.21. The standard InChI is InChI=1S/C18H19NO4/c1-3-22-16-6-4-5-7-17(16)23-12-18(21)19-15-10-8-14(9-11-15)13(2)20/h4-11H,3,12H2,1-2H3,(H,19,21). The molecular formula is C18H19NO4. The smallest absolute Gasteiger partial charge is 0.262 e. The van der Waals surface area contributed by atoms with Crippen LogP contribution in [0, 0.1) is 0 Å². The van der Waals surface area contributed by atoms with E-state index < -0.39 is 0 Å². The van der Waals surface area contributed by atoms with Crippen molar-refractivity contribution in [3.63, 3.8) is 0 Å². The van der Waals surface area contributed by atoms with Gasteiger partial charge in [-0.1, -0.05) is 12.1 Å². The fraction of sp³-hybridized carbons (Fsp3) is 0.222. The molecule has 5 heteroatoms. The third-order valence-electron chi connectivity index (χ3n) is 3.08. The number of carbonyl (C=O) groups is 2. The first-order valence-electron chi connectivity index (χ1n) is 7.35. The molecule has 0 radical (unpaired) electrons. The Morgan fingerprint density at radius 3 is 2.13 bits per heavy atom. The summed E-state index contributed by atoms with van der Waals surface area (Å²) in [6, 6.07) is 13.9. The zero-order valence-electron chi connectivity index (χ0n) is 13.2. The van der Waals surface area contributed by atoms with E-state index in [0.717, 1.165) is 0 Å². The average Bonchev–Trinajstić information content (AvgIpc) is 2.55. The van der Waals surface area contributed by atoms with E-state index in [1.165, 1.54) is 6.92 Å². The molecule has 0 aromatic heterocycles. The SMILES string of the molecule is CCOc1ccccc1OCC(=O)Nc1ccc(C(C)=O)cc1. The minimum Gasteiger partial charge on any atom is -0.490 e. The summed E-state index contributed by atoms with van der Waals surface area (Å²) < 4.78 is 10.9. The Kier molecular flexibility index (Phi) is 5.74. The number of hydrogen-bond donors (Lipinski definition) is 1. The summed E-state index contributed by atoms with van der Waals surface area (Å²) in [5.74, 6) is 0.829. The van der Waals surface area contributed by atoms with Crippen molar-refractivity contribution in [2.24, 2.45) is 0 Å². The van der Waals surface area contributed by atoms with Gasteiger partial charge < -0.3 is 14.8 Å². The number of para-hydroxylation sites is 2. The molecule has 0 bridgehead atoms. The Balaban J connectivity index is 1.91. The predicted octanol–water partition coefficient (Wildman–Crippen LogP) is 3.31. The topological polar surface area (TPSA) is 64.6 Å². The molecule has 0 saturated carbocycles. The van der Waals surface area contributed by atoms with Crippen LogP contribution in [0.25, 0.3) is 0 Å². The first-order valence-corrected chi connectivity index (χ1v) is 7.35. The number of anilines is 1. The molecule has 5 nitrogen and oxygen atoms in total. The molecule has 2 aromatic rings. The van der Waals surface area contributed by atoms with E-state index in [-0.39, 0.29) is 18.3 Å². The molecule has 23 heavy (non-hydrogen) atoms. The number of ketones is 1. The van der Waals surface area contributed by atoms with Gasteiger partial charge in [0.05, 0.1) is 6.61 Å². The maximum atomic E-state index is 11.9. The second-order valence-corrected chi connectivity index (χ2v) is 4.85. The third kappa shape index (κ3) is 4.85. The van der Waals surface area contributed by atoms with Gasteiger partial charge in [0.15, 0.2) is 23.9 Å². The Bertz CT molecular complexity index is 680. The van der Waals surface area contributed by atoms with Gasteiger partial charge in [-0.3, -0.25) is 9.59 Å². The van der Waals surface area contributed by atoms with Gasteiger partial charge in [-0.2, -0.15) is 0 Å². The average molecular weight is 313 g/mol. The fourth-order valence-corrected chi connectivity index (χ4v) is 1.97. The van der Waals surface area contributed by atoms with Crippen molar-refractivity contribution >= 4 is 17.4 Å². The Hall–Kier alpha value is -2.82. The first-order chi connectivity index (χ1) is 11.1.